The molecule has 13 heteroatoms. The van der Waals surface area contributed by atoms with Crippen molar-refractivity contribution in [3.05, 3.63) is 64.4 Å². The van der Waals surface area contributed by atoms with E-state index in [1.807, 2.05) is 31.2 Å². The standard InChI is InChI=1S/C31H32BrN7O5/c1-17(40)28-22-9-19(21-12-33-18(2)34-13-21)5-7-23(22)38(37-28)14-27(41)39-24(10-31(16-44-4)11-25(31)39)30(42)36-29-20(15-43-3)6-8-26(32)35-29/h5-9,12-13,24-25H,10-11,14-16H2,1-4H3,(H,35,36,42)/t24-,25+,31+/m0/s1. The highest BCUT2D eigenvalue weighted by atomic mass is 79.9. The fourth-order valence-corrected chi connectivity index (χ4v) is 6.55. The third kappa shape index (κ3) is 5.51. The highest BCUT2D eigenvalue weighted by Gasteiger charge is 2.67. The van der Waals surface area contributed by atoms with Crippen LogP contribution in [0.25, 0.3) is 22.0 Å². The molecule has 0 radical (unpaired) electrons. The SMILES string of the molecule is COCc1ccc(Br)nc1NC(=O)[C@@H]1C[C@]2(COC)C[C@H]2N1C(=O)Cn1nc(C(C)=O)c2cc(-c3cnc(C)nc3)ccc21. The smallest absolute Gasteiger partial charge is 0.248 e. The third-order valence-electron chi connectivity index (χ3n) is 8.41. The molecular formula is C31H32BrN7O5. The van der Waals surface area contributed by atoms with Crippen molar-refractivity contribution < 1.29 is 23.9 Å². The van der Waals surface area contributed by atoms with Gasteiger partial charge in [0, 0.05) is 61.5 Å². The molecule has 1 saturated carbocycles. The monoisotopic (exact) mass is 661 g/mol. The number of hydrogen-bond donors (Lipinski definition) is 1. The van der Waals surface area contributed by atoms with E-state index in [0.717, 1.165) is 17.5 Å². The topological polar surface area (TPSA) is 141 Å². The van der Waals surface area contributed by atoms with Gasteiger partial charge in [-0.1, -0.05) is 12.1 Å². The number of ether oxygens (including phenoxy) is 2. The van der Waals surface area contributed by atoms with Crippen LogP contribution < -0.4 is 5.32 Å². The van der Waals surface area contributed by atoms with Crippen molar-refractivity contribution in [2.24, 2.45) is 5.41 Å². The summed E-state index contributed by atoms with van der Waals surface area (Å²) in [5.74, 6) is 0.225. The lowest BCUT2D eigenvalue weighted by atomic mass is 10.00. The number of Topliss-reactive ketones (excluding diaryl/α,β-unsaturated/α-hetero) is 1. The number of likely N-dealkylation sites (tertiary alicyclic amines) is 1. The Bertz CT molecular complexity index is 1780. The van der Waals surface area contributed by atoms with Crippen LogP contribution >= 0.6 is 15.9 Å². The second-order valence-corrected chi connectivity index (χ2v) is 12.2. The largest absolute Gasteiger partial charge is 0.384 e. The van der Waals surface area contributed by atoms with Crippen LogP contribution in [0.2, 0.25) is 0 Å². The highest BCUT2D eigenvalue weighted by molar-refractivity contribution is 9.10. The molecule has 1 saturated heterocycles. The Morgan fingerprint density at radius 2 is 1.84 bits per heavy atom. The van der Waals surface area contributed by atoms with Gasteiger partial charge >= 0.3 is 0 Å². The van der Waals surface area contributed by atoms with Crippen LogP contribution in [0.4, 0.5) is 5.82 Å². The number of nitrogens with one attached hydrogen (secondary N) is 1. The first kappa shape index (κ1) is 30.0. The molecule has 1 aliphatic heterocycles. The van der Waals surface area contributed by atoms with Gasteiger partial charge in [-0.25, -0.2) is 15.0 Å². The van der Waals surface area contributed by atoms with Crippen molar-refractivity contribution >= 4 is 50.2 Å². The number of aryl methyl sites for hydroxylation is 1. The average molecular weight is 663 g/mol. The average Bonchev–Trinajstić information content (AvgIpc) is 3.40. The Balaban J connectivity index is 1.30. The molecule has 0 bridgehead atoms. The number of carbonyl (C=O) groups is 3. The number of piperidine rings is 1. The molecular weight excluding hydrogens is 630 g/mol. The van der Waals surface area contributed by atoms with Gasteiger partial charge in [0.05, 0.1) is 18.7 Å². The van der Waals surface area contributed by atoms with E-state index in [1.54, 1.807) is 42.3 Å². The normalized spacial score (nSPS) is 20.5. The van der Waals surface area contributed by atoms with Crippen LogP contribution in [0, 0.1) is 12.3 Å². The van der Waals surface area contributed by atoms with Crippen molar-refractivity contribution in [3.63, 3.8) is 0 Å². The Morgan fingerprint density at radius 3 is 2.55 bits per heavy atom. The molecule has 1 N–H and O–H groups in total. The number of methoxy groups -OCH3 is 2. The molecule has 4 heterocycles. The molecule has 4 aromatic rings. The van der Waals surface area contributed by atoms with Crippen molar-refractivity contribution in [1.29, 1.82) is 0 Å². The van der Waals surface area contributed by atoms with E-state index in [4.69, 9.17) is 9.47 Å². The zero-order valence-corrected chi connectivity index (χ0v) is 26.4. The molecule has 1 aromatic carbocycles. The number of ketones is 1. The first-order chi connectivity index (χ1) is 21.1. The van der Waals surface area contributed by atoms with Crippen molar-refractivity contribution in [1.82, 2.24) is 29.6 Å². The molecule has 0 spiro atoms. The van der Waals surface area contributed by atoms with E-state index in [2.05, 4.69) is 41.3 Å². The summed E-state index contributed by atoms with van der Waals surface area (Å²) in [4.78, 5) is 55.0. The minimum absolute atomic E-state index is 0.135. The number of pyridine rings is 1. The number of amides is 2. The van der Waals surface area contributed by atoms with Gasteiger partial charge in [-0.3, -0.25) is 19.1 Å². The van der Waals surface area contributed by atoms with Crippen LogP contribution in [0.1, 0.15) is 41.6 Å². The van der Waals surface area contributed by atoms with E-state index in [1.165, 1.54) is 6.92 Å². The molecule has 44 heavy (non-hydrogen) atoms. The van der Waals surface area contributed by atoms with Gasteiger partial charge in [-0.15, -0.1) is 0 Å². The summed E-state index contributed by atoms with van der Waals surface area (Å²) in [5.41, 5.74) is 2.98. The quantitative estimate of drug-likeness (QED) is 0.197. The Kier molecular flexibility index (Phi) is 8.03. The van der Waals surface area contributed by atoms with E-state index < -0.39 is 6.04 Å². The maximum Gasteiger partial charge on any atom is 0.248 e. The number of carbonyl (C=O) groups excluding carboxylic acids is 3. The van der Waals surface area contributed by atoms with Gasteiger partial charge < -0.3 is 19.7 Å². The molecule has 3 aromatic heterocycles. The number of hydrogen-bond acceptors (Lipinski definition) is 9. The van der Waals surface area contributed by atoms with Gasteiger partial charge in [0.15, 0.2) is 5.78 Å². The number of aromatic nitrogens is 5. The number of nitrogens with zero attached hydrogens (tertiary/aromatic N) is 6. The van der Waals surface area contributed by atoms with Crippen LogP contribution in [0.15, 0.2) is 47.3 Å². The summed E-state index contributed by atoms with van der Waals surface area (Å²) in [5, 5.41) is 8.11. The Hall–Kier alpha value is -4.07. The molecule has 2 fully saturated rings. The van der Waals surface area contributed by atoms with Gasteiger partial charge in [0.1, 0.15) is 34.5 Å². The number of fused-ring (bicyclic) bond motifs is 2. The second-order valence-electron chi connectivity index (χ2n) is 11.4. The minimum atomic E-state index is -0.727. The fraction of sp³-hybridized carbons (Fsp3) is 0.387. The van der Waals surface area contributed by atoms with Crippen molar-refractivity contribution in [3.8, 4) is 11.1 Å². The van der Waals surface area contributed by atoms with Gasteiger partial charge in [0.25, 0.3) is 0 Å². The maximum atomic E-state index is 14.0. The molecule has 6 rings (SSSR count). The number of anilines is 1. The third-order valence-corrected chi connectivity index (χ3v) is 8.85. The first-order valence-electron chi connectivity index (χ1n) is 14.2. The van der Waals surface area contributed by atoms with Crippen LogP contribution in [-0.4, -0.2) is 80.1 Å². The molecule has 1 aliphatic carbocycles. The van der Waals surface area contributed by atoms with E-state index in [9.17, 15) is 14.4 Å². The molecule has 2 amide bonds. The first-order valence-corrected chi connectivity index (χ1v) is 15.0. The van der Waals surface area contributed by atoms with E-state index in [0.29, 0.717) is 45.7 Å². The summed E-state index contributed by atoms with van der Waals surface area (Å²) in [6.07, 6.45) is 4.68. The van der Waals surface area contributed by atoms with Crippen molar-refractivity contribution in [2.75, 3.05) is 26.1 Å². The lowest BCUT2D eigenvalue weighted by Crippen LogP contribution is -2.47. The van der Waals surface area contributed by atoms with Gasteiger partial charge in [-0.05, 0) is 59.5 Å². The summed E-state index contributed by atoms with van der Waals surface area (Å²) in [6.45, 7) is 3.84. The highest BCUT2D eigenvalue weighted by Crippen LogP contribution is 2.59. The lowest BCUT2D eigenvalue weighted by molar-refractivity contribution is -0.138. The predicted octanol–water partition coefficient (Wildman–Crippen LogP) is 3.95. The number of benzene rings is 1. The molecule has 2 aliphatic rings. The van der Waals surface area contributed by atoms with E-state index >= 15 is 0 Å². The van der Waals surface area contributed by atoms with Gasteiger partial charge in [-0.2, -0.15) is 5.10 Å². The summed E-state index contributed by atoms with van der Waals surface area (Å²) < 4.78 is 12.9. The molecule has 12 nitrogen and oxygen atoms in total. The lowest BCUT2D eigenvalue weighted by Gasteiger charge is -2.27. The molecule has 228 valence electrons. The number of rotatable bonds is 10. The molecule has 3 atom stereocenters. The second kappa shape index (κ2) is 11.8. The summed E-state index contributed by atoms with van der Waals surface area (Å²) in [7, 11) is 3.20. The minimum Gasteiger partial charge on any atom is -0.384 e. The number of halogens is 1. The fourth-order valence-electron chi connectivity index (χ4n) is 6.24. The van der Waals surface area contributed by atoms with Crippen LogP contribution in [0.3, 0.4) is 0 Å². The summed E-state index contributed by atoms with van der Waals surface area (Å²) in [6, 6.07) is 8.34. The van der Waals surface area contributed by atoms with Crippen LogP contribution in [0.5, 0.6) is 0 Å². The maximum absolute atomic E-state index is 14.0. The predicted molar refractivity (Wildman–Crippen MR) is 165 cm³/mol. The zero-order valence-electron chi connectivity index (χ0n) is 24.8. The summed E-state index contributed by atoms with van der Waals surface area (Å²) >= 11 is 3.37. The Morgan fingerprint density at radius 1 is 1.07 bits per heavy atom. The Labute approximate surface area is 262 Å². The van der Waals surface area contributed by atoms with Crippen molar-refractivity contribution in [2.45, 2.75) is 51.9 Å². The zero-order chi connectivity index (χ0) is 31.2. The van der Waals surface area contributed by atoms with Gasteiger partial charge in [0.2, 0.25) is 11.8 Å². The molecule has 0 unspecified atom stereocenters. The van der Waals surface area contributed by atoms with Crippen LogP contribution in [-0.2, 0) is 32.2 Å². The van der Waals surface area contributed by atoms with E-state index in [-0.39, 0.29) is 47.9 Å².